The topological polar surface area (TPSA) is 75.1 Å². The summed E-state index contributed by atoms with van der Waals surface area (Å²) in [7, 11) is 2.03. The summed E-state index contributed by atoms with van der Waals surface area (Å²) in [6.45, 7) is 6.52. The highest BCUT2D eigenvalue weighted by Gasteiger charge is 2.23. The van der Waals surface area contributed by atoms with E-state index in [0.717, 1.165) is 37.3 Å². The molecular formula is C19H30Cl2N6O. The van der Waals surface area contributed by atoms with Crippen molar-refractivity contribution >= 4 is 36.4 Å². The summed E-state index contributed by atoms with van der Waals surface area (Å²) in [5.74, 6) is -0.156. The SMILES string of the molecule is Cc1c(C(=O)NCC(C)N(C)c2ccccc2)nnn1C1CCNCC1.Cl.Cl. The molecule has 0 saturated carbocycles. The van der Waals surface area contributed by atoms with Gasteiger partial charge in [-0.2, -0.15) is 0 Å². The Morgan fingerprint density at radius 2 is 1.93 bits per heavy atom. The zero-order valence-electron chi connectivity index (χ0n) is 16.6. The number of rotatable bonds is 6. The molecule has 1 aliphatic heterocycles. The van der Waals surface area contributed by atoms with Crippen LogP contribution in [0, 0.1) is 6.92 Å². The van der Waals surface area contributed by atoms with Gasteiger partial charge in [0.05, 0.1) is 11.7 Å². The molecule has 1 aromatic heterocycles. The highest BCUT2D eigenvalue weighted by atomic mass is 35.5. The van der Waals surface area contributed by atoms with Gasteiger partial charge in [-0.3, -0.25) is 4.79 Å². The molecule has 0 radical (unpaired) electrons. The van der Waals surface area contributed by atoms with Gasteiger partial charge < -0.3 is 15.5 Å². The van der Waals surface area contributed by atoms with Gasteiger partial charge in [-0.25, -0.2) is 4.68 Å². The molecule has 2 heterocycles. The van der Waals surface area contributed by atoms with Gasteiger partial charge in [-0.1, -0.05) is 23.4 Å². The molecule has 28 heavy (non-hydrogen) atoms. The Hall–Kier alpha value is -1.83. The number of aromatic nitrogens is 3. The molecule has 1 unspecified atom stereocenters. The minimum absolute atomic E-state index is 0. The molecule has 1 fully saturated rings. The Balaban J connectivity index is 0.00000196. The molecule has 1 atom stereocenters. The smallest absolute Gasteiger partial charge is 0.273 e. The second kappa shape index (κ2) is 11.2. The molecule has 1 saturated heterocycles. The van der Waals surface area contributed by atoms with Crippen molar-refractivity contribution in [3.63, 3.8) is 0 Å². The molecule has 1 aliphatic rings. The lowest BCUT2D eigenvalue weighted by Crippen LogP contribution is -2.40. The number of nitrogens with zero attached hydrogens (tertiary/aromatic N) is 4. The van der Waals surface area contributed by atoms with E-state index in [1.165, 1.54) is 0 Å². The monoisotopic (exact) mass is 428 g/mol. The summed E-state index contributed by atoms with van der Waals surface area (Å²) >= 11 is 0. The molecule has 7 nitrogen and oxygen atoms in total. The molecule has 9 heteroatoms. The van der Waals surface area contributed by atoms with Crippen molar-refractivity contribution in [3.05, 3.63) is 41.7 Å². The normalized spacial score (nSPS) is 15.1. The number of para-hydroxylation sites is 1. The van der Waals surface area contributed by atoms with Crippen LogP contribution in [0.25, 0.3) is 0 Å². The van der Waals surface area contributed by atoms with Gasteiger partial charge in [0.15, 0.2) is 5.69 Å². The number of carbonyl (C=O) groups excluding carboxylic acids is 1. The average Bonchev–Trinajstić information content (AvgIpc) is 3.08. The first-order valence-electron chi connectivity index (χ1n) is 9.26. The van der Waals surface area contributed by atoms with Crippen LogP contribution in [-0.2, 0) is 0 Å². The molecule has 2 aromatic rings. The van der Waals surface area contributed by atoms with Gasteiger partial charge in [-0.15, -0.1) is 29.9 Å². The maximum absolute atomic E-state index is 12.6. The third-order valence-electron chi connectivity index (χ3n) is 5.18. The number of carbonyl (C=O) groups is 1. The summed E-state index contributed by atoms with van der Waals surface area (Å²) in [5.41, 5.74) is 2.40. The highest BCUT2D eigenvalue weighted by molar-refractivity contribution is 5.93. The Kier molecular flexibility index (Phi) is 9.72. The van der Waals surface area contributed by atoms with E-state index in [0.29, 0.717) is 18.3 Å². The Bertz CT molecular complexity index is 733. The fourth-order valence-electron chi connectivity index (χ4n) is 3.33. The van der Waals surface area contributed by atoms with E-state index in [4.69, 9.17) is 0 Å². The molecular weight excluding hydrogens is 399 g/mol. The second-order valence-corrected chi connectivity index (χ2v) is 6.95. The van der Waals surface area contributed by atoms with E-state index >= 15 is 0 Å². The van der Waals surface area contributed by atoms with Crippen LogP contribution in [0.15, 0.2) is 30.3 Å². The third-order valence-corrected chi connectivity index (χ3v) is 5.18. The minimum Gasteiger partial charge on any atom is -0.370 e. The van der Waals surface area contributed by atoms with Crippen molar-refractivity contribution in [1.82, 2.24) is 25.6 Å². The second-order valence-electron chi connectivity index (χ2n) is 6.95. The maximum Gasteiger partial charge on any atom is 0.273 e. The number of nitrogens with one attached hydrogen (secondary N) is 2. The maximum atomic E-state index is 12.6. The van der Waals surface area contributed by atoms with Crippen LogP contribution in [0.2, 0.25) is 0 Å². The molecule has 1 amide bonds. The number of likely N-dealkylation sites (N-methyl/N-ethyl adjacent to an activating group) is 1. The fourth-order valence-corrected chi connectivity index (χ4v) is 3.33. The van der Waals surface area contributed by atoms with Crippen LogP contribution >= 0.6 is 24.8 Å². The first-order valence-corrected chi connectivity index (χ1v) is 9.26. The van der Waals surface area contributed by atoms with Crippen molar-refractivity contribution in [2.75, 3.05) is 31.6 Å². The van der Waals surface area contributed by atoms with Gasteiger partial charge in [0.25, 0.3) is 5.91 Å². The molecule has 3 rings (SSSR count). The Morgan fingerprint density at radius 3 is 2.57 bits per heavy atom. The Morgan fingerprint density at radius 1 is 1.29 bits per heavy atom. The number of benzene rings is 1. The molecule has 0 bridgehead atoms. The fraction of sp³-hybridized carbons (Fsp3) is 0.526. The van der Waals surface area contributed by atoms with Crippen LogP contribution in [-0.4, -0.2) is 53.6 Å². The zero-order chi connectivity index (χ0) is 18.5. The molecule has 156 valence electrons. The van der Waals surface area contributed by atoms with Crippen molar-refractivity contribution in [2.45, 2.75) is 38.8 Å². The van der Waals surface area contributed by atoms with Gasteiger partial charge in [0, 0.05) is 25.3 Å². The standard InChI is InChI=1S/C19H28N6O.2ClH/c1-14(24(3)16-7-5-4-6-8-16)13-21-19(26)18-15(2)25(23-22-18)17-9-11-20-12-10-17;;/h4-8,14,17,20H,9-13H2,1-3H3,(H,21,26);2*1H. The van der Waals surface area contributed by atoms with E-state index in [2.05, 4.69) is 44.9 Å². The van der Waals surface area contributed by atoms with Gasteiger partial charge in [0.1, 0.15) is 0 Å². The minimum atomic E-state index is -0.156. The zero-order valence-corrected chi connectivity index (χ0v) is 18.2. The Labute approximate surface area is 179 Å². The predicted molar refractivity (Wildman–Crippen MR) is 117 cm³/mol. The van der Waals surface area contributed by atoms with E-state index in [9.17, 15) is 4.79 Å². The van der Waals surface area contributed by atoms with Crippen LogP contribution < -0.4 is 15.5 Å². The molecule has 0 spiro atoms. The van der Waals surface area contributed by atoms with E-state index in [-0.39, 0.29) is 36.8 Å². The number of amides is 1. The molecule has 1 aromatic carbocycles. The lowest BCUT2D eigenvalue weighted by Gasteiger charge is -2.27. The third kappa shape index (κ3) is 5.59. The van der Waals surface area contributed by atoms with E-state index in [1.54, 1.807) is 0 Å². The van der Waals surface area contributed by atoms with E-state index < -0.39 is 0 Å². The summed E-state index contributed by atoms with van der Waals surface area (Å²) in [6.07, 6.45) is 2.04. The quantitative estimate of drug-likeness (QED) is 0.739. The van der Waals surface area contributed by atoms with Crippen LogP contribution in [0.4, 0.5) is 5.69 Å². The van der Waals surface area contributed by atoms with Gasteiger partial charge in [-0.05, 0) is 51.9 Å². The summed E-state index contributed by atoms with van der Waals surface area (Å²) in [5, 5.41) is 14.7. The van der Waals surface area contributed by atoms with Crippen molar-refractivity contribution < 1.29 is 4.79 Å². The van der Waals surface area contributed by atoms with E-state index in [1.807, 2.05) is 36.9 Å². The van der Waals surface area contributed by atoms with Crippen molar-refractivity contribution in [1.29, 1.82) is 0 Å². The highest BCUT2D eigenvalue weighted by Crippen LogP contribution is 2.20. The van der Waals surface area contributed by atoms with Crippen LogP contribution in [0.1, 0.15) is 42.0 Å². The van der Waals surface area contributed by atoms with Crippen molar-refractivity contribution in [3.8, 4) is 0 Å². The number of hydrogen-bond acceptors (Lipinski definition) is 5. The summed E-state index contributed by atoms with van der Waals surface area (Å²) in [4.78, 5) is 14.7. The number of halogens is 2. The molecule has 0 aliphatic carbocycles. The van der Waals surface area contributed by atoms with Crippen LogP contribution in [0.3, 0.4) is 0 Å². The number of hydrogen-bond donors (Lipinski definition) is 2. The van der Waals surface area contributed by atoms with Gasteiger partial charge >= 0.3 is 0 Å². The number of piperidine rings is 1. The first kappa shape index (κ1) is 24.2. The lowest BCUT2D eigenvalue weighted by molar-refractivity contribution is 0.0946. The summed E-state index contributed by atoms with van der Waals surface area (Å²) in [6, 6.07) is 10.6. The average molecular weight is 429 g/mol. The molecule has 2 N–H and O–H groups in total. The number of anilines is 1. The van der Waals surface area contributed by atoms with Gasteiger partial charge in [0.2, 0.25) is 0 Å². The van der Waals surface area contributed by atoms with Crippen LogP contribution in [0.5, 0.6) is 0 Å². The lowest BCUT2D eigenvalue weighted by atomic mass is 10.1. The summed E-state index contributed by atoms with van der Waals surface area (Å²) < 4.78 is 1.91. The predicted octanol–water partition coefficient (Wildman–Crippen LogP) is 2.61. The largest absolute Gasteiger partial charge is 0.370 e. The van der Waals surface area contributed by atoms with Crippen molar-refractivity contribution in [2.24, 2.45) is 0 Å². The first-order chi connectivity index (χ1) is 12.6.